The van der Waals surface area contributed by atoms with Gasteiger partial charge in [-0.1, -0.05) is 12.1 Å². The van der Waals surface area contributed by atoms with E-state index < -0.39 is 41.5 Å². The molecule has 3 unspecified atom stereocenters. The van der Waals surface area contributed by atoms with Crippen molar-refractivity contribution in [2.75, 3.05) is 19.1 Å². The monoisotopic (exact) mass is 343 g/mol. The number of hydrogen-bond donors (Lipinski definition) is 5. The van der Waals surface area contributed by atoms with Crippen molar-refractivity contribution in [3.8, 4) is 0 Å². The van der Waals surface area contributed by atoms with Gasteiger partial charge in [-0.15, -0.1) is 0 Å². The van der Waals surface area contributed by atoms with Crippen LogP contribution in [0.15, 0.2) is 29.4 Å². The third-order valence-corrected chi connectivity index (χ3v) is 2.98. The van der Waals surface area contributed by atoms with Gasteiger partial charge in [-0.05, 0) is 6.07 Å². The van der Waals surface area contributed by atoms with E-state index in [-0.39, 0.29) is 11.4 Å². The van der Waals surface area contributed by atoms with Crippen molar-refractivity contribution in [3.63, 3.8) is 0 Å². The molecule has 11 heteroatoms. The number of aliphatic hydroxyl groups is 4. The van der Waals surface area contributed by atoms with Crippen molar-refractivity contribution in [1.82, 2.24) is 0 Å². The average Bonchev–Trinajstić information content (AvgIpc) is 2.60. The number of hydrazone groups is 1. The fourth-order valence-electron chi connectivity index (χ4n) is 1.67. The third-order valence-electron chi connectivity index (χ3n) is 2.98. The van der Waals surface area contributed by atoms with Crippen LogP contribution in [-0.4, -0.2) is 69.1 Å². The molecule has 0 heterocycles. The van der Waals surface area contributed by atoms with Gasteiger partial charge in [0.05, 0.1) is 18.6 Å². The second-order valence-corrected chi connectivity index (χ2v) is 4.56. The van der Waals surface area contributed by atoms with E-state index in [0.717, 1.165) is 7.11 Å². The molecule has 5 N–H and O–H groups in total. The maximum Gasteiger partial charge on any atom is 0.357 e. The van der Waals surface area contributed by atoms with Gasteiger partial charge in [-0.3, -0.25) is 15.5 Å². The number of nitrogens with zero attached hydrogens (tertiary/aromatic N) is 2. The van der Waals surface area contributed by atoms with E-state index in [2.05, 4.69) is 15.3 Å². The summed E-state index contributed by atoms with van der Waals surface area (Å²) in [6.07, 6.45) is -5.67. The molecule has 0 bridgehead atoms. The number of ether oxygens (including phenoxy) is 1. The van der Waals surface area contributed by atoms with E-state index in [0.29, 0.717) is 0 Å². The largest absolute Gasteiger partial charge is 0.464 e. The van der Waals surface area contributed by atoms with Crippen LogP contribution in [0.5, 0.6) is 0 Å². The summed E-state index contributed by atoms with van der Waals surface area (Å²) in [5, 5.41) is 52.1. The number of carbonyl (C=O) groups excluding carboxylic acids is 1. The lowest BCUT2D eigenvalue weighted by atomic mass is 10.0. The molecule has 3 atom stereocenters. The topological polar surface area (TPSA) is 175 Å². The van der Waals surface area contributed by atoms with Gasteiger partial charge >= 0.3 is 5.97 Å². The molecule has 1 aromatic carbocycles. The fraction of sp³-hybridized carbons (Fsp3) is 0.385. The summed E-state index contributed by atoms with van der Waals surface area (Å²) in [5.74, 6) is -1.14. The minimum Gasteiger partial charge on any atom is -0.464 e. The normalized spacial score (nSPS) is 15.3. The third kappa shape index (κ3) is 4.70. The molecule has 0 radical (unpaired) electrons. The zero-order valence-electron chi connectivity index (χ0n) is 12.6. The smallest absolute Gasteiger partial charge is 0.357 e. The molecule has 0 amide bonds. The molecule has 0 aromatic heterocycles. The molecule has 0 aliphatic rings. The molecular weight excluding hydrogens is 326 g/mol. The summed E-state index contributed by atoms with van der Waals surface area (Å²) < 4.78 is 4.40. The van der Waals surface area contributed by atoms with Crippen LogP contribution in [-0.2, 0) is 9.53 Å². The van der Waals surface area contributed by atoms with Crippen LogP contribution in [0.3, 0.4) is 0 Å². The Morgan fingerprint density at radius 1 is 1.38 bits per heavy atom. The van der Waals surface area contributed by atoms with E-state index in [1.54, 1.807) is 0 Å². The highest BCUT2D eigenvalue weighted by Gasteiger charge is 2.33. The van der Waals surface area contributed by atoms with Crippen LogP contribution in [0.25, 0.3) is 0 Å². The molecule has 24 heavy (non-hydrogen) atoms. The predicted octanol–water partition coefficient (Wildman–Crippen LogP) is -1.39. The molecular formula is C13H17N3O8. The Morgan fingerprint density at radius 2 is 2.00 bits per heavy atom. The van der Waals surface area contributed by atoms with Crippen LogP contribution in [0, 0.1) is 10.1 Å². The Hall–Kier alpha value is -2.60. The molecule has 0 saturated heterocycles. The fourth-order valence-corrected chi connectivity index (χ4v) is 1.67. The van der Waals surface area contributed by atoms with Gasteiger partial charge in [0.15, 0.2) is 5.71 Å². The SMILES string of the molecule is COC(=O)C(=NNc1ccccc1[N+](=O)[O-])C(O)C(O)C(O)CO. The van der Waals surface area contributed by atoms with Gasteiger partial charge in [0.25, 0.3) is 5.69 Å². The van der Waals surface area contributed by atoms with Crippen LogP contribution in [0.4, 0.5) is 11.4 Å². The summed E-state index contributed by atoms with van der Waals surface area (Å²) in [5.41, 5.74) is 1.08. The number of nitro groups is 1. The van der Waals surface area contributed by atoms with E-state index in [9.17, 15) is 30.2 Å². The maximum atomic E-state index is 11.7. The van der Waals surface area contributed by atoms with Crippen LogP contribution in [0.2, 0.25) is 0 Å². The molecule has 0 fully saturated rings. The number of nitro benzene ring substituents is 1. The number of rotatable bonds is 8. The Morgan fingerprint density at radius 3 is 2.54 bits per heavy atom. The molecule has 0 aliphatic carbocycles. The average molecular weight is 343 g/mol. The quantitative estimate of drug-likeness (QED) is 0.165. The number of carbonyl (C=O) groups is 1. The number of para-hydroxylation sites is 2. The molecule has 132 valence electrons. The highest BCUT2D eigenvalue weighted by molar-refractivity contribution is 6.38. The number of hydrogen-bond acceptors (Lipinski definition) is 10. The predicted molar refractivity (Wildman–Crippen MR) is 81.3 cm³/mol. The number of aliphatic hydroxyl groups excluding tert-OH is 4. The standard InChI is InChI=1S/C13H17N3O8/c1-24-13(21)10(12(20)11(19)9(18)6-17)15-14-7-4-2-3-5-8(7)16(22)23/h2-5,9,11-12,14,17-20H,6H2,1H3. The minimum absolute atomic E-state index is 0.0756. The molecule has 11 nitrogen and oxygen atoms in total. The van der Waals surface area contributed by atoms with Gasteiger partial charge in [0, 0.05) is 6.07 Å². The number of methoxy groups -OCH3 is 1. The van der Waals surface area contributed by atoms with Gasteiger partial charge in [-0.25, -0.2) is 4.79 Å². The van der Waals surface area contributed by atoms with Gasteiger partial charge in [0.1, 0.15) is 24.0 Å². The summed E-state index contributed by atoms with van der Waals surface area (Å²) in [7, 11) is 0.990. The highest BCUT2D eigenvalue weighted by Crippen LogP contribution is 2.23. The Labute approximate surface area is 136 Å². The number of anilines is 1. The first kappa shape index (κ1) is 19.4. The number of benzene rings is 1. The molecule has 0 saturated carbocycles. The maximum absolute atomic E-state index is 11.7. The van der Waals surface area contributed by atoms with Crippen LogP contribution in [0.1, 0.15) is 0 Å². The second kappa shape index (κ2) is 8.88. The van der Waals surface area contributed by atoms with Crippen LogP contribution >= 0.6 is 0 Å². The van der Waals surface area contributed by atoms with Crippen molar-refractivity contribution in [2.24, 2.45) is 5.10 Å². The van der Waals surface area contributed by atoms with E-state index in [4.69, 9.17) is 5.11 Å². The van der Waals surface area contributed by atoms with Crippen molar-refractivity contribution >= 4 is 23.1 Å². The van der Waals surface area contributed by atoms with Crippen molar-refractivity contribution < 1.29 is 34.9 Å². The summed E-state index contributed by atoms with van der Waals surface area (Å²) in [6.45, 7) is -0.871. The number of nitrogens with one attached hydrogen (secondary N) is 1. The zero-order chi connectivity index (χ0) is 18.3. The Kier molecular flexibility index (Phi) is 7.20. The number of esters is 1. The molecule has 0 spiro atoms. The van der Waals surface area contributed by atoms with Crippen molar-refractivity contribution in [1.29, 1.82) is 0 Å². The second-order valence-electron chi connectivity index (χ2n) is 4.56. The lowest BCUT2D eigenvalue weighted by Crippen LogP contribution is -2.46. The molecule has 1 rings (SSSR count). The van der Waals surface area contributed by atoms with E-state index in [1.165, 1.54) is 24.3 Å². The highest BCUT2D eigenvalue weighted by atomic mass is 16.6. The first-order chi connectivity index (χ1) is 11.3. The summed E-state index contributed by atoms with van der Waals surface area (Å²) in [6, 6.07) is 5.40. The van der Waals surface area contributed by atoms with Crippen LogP contribution < -0.4 is 5.43 Å². The molecule has 0 aliphatic heterocycles. The zero-order valence-corrected chi connectivity index (χ0v) is 12.6. The van der Waals surface area contributed by atoms with E-state index in [1.807, 2.05) is 0 Å². The Bertz CT molecular complexity index is 621. The first-order valence-corrected chi connectivity index (χ1v) is 6.63. The van der Waals surface area contributed by atoms with Crippen molar-refractivity contribution in [3.05, 3.63) is 34.4 Å². The lowest BCUT2D eigenvalue weighted by molar-refractivity contribution is -0.384. The lowest BCUT2D eigenvalue weighted by Gasteiger charge is -2.21. The van der Waals surface area contributed by atoms with Crippen molar-refractivity contribution in [2.45, 2.75) is 18.3 Å². The van der Waals surface area contributed by atoms with E-state index >= 15 is 0 Å². The molecule has 1 aromatic rings. The first-order valence-electron chi connectivity index (χ1n) is 6.63. The van der Waals surface area contributed by atoms with Gasteiger partial charge in [0.2, 0.25) is 0 Å². The summed E-state index contributed by atoms with van der Waals surface area (Å²) in [4.78, 5) is 21.9. The minimum atomic E-state index is -2.00. The van der Waals surface area contributed by atoms with Gasteiger partial charge in [-0.2, -0.15) is 5.10 Å². The summed E-state index contributed by atoms with van der Waals surface area (Å²) >= 11 is 0. The van der Waals surface area contributed by atoms with Gasteiger partial charge < -0.3 is 25.2 Å². The Balaban J connectivity index is 3.12.